The molecule has 0 radical (unpaired) electrons. The van der Waals surface area contributed by atoms with Crippen molar-refractivity contribution in [1.29, 1.82) is 0 Å². The number of hydrogen-bond donors (Lipinski definition) is 0. The third kappa shape index (κ3) is 3.67. The van der Waals surface area contributed by atoms with Crippen LogP contribution in [0, 0.1) is 0 Å². The van der Waals surface area contributed by atoms with Crippen LogP contribution in [0.3, 0.4) is 0 Å². The van der Waals surface area contributed by atoms with Gasteiger partial charge in [0.15, 0.2) is 0 Å². The second-order valence-electron chi connectivity index (χ2n) is 4.21. The molecule has 80 valence electrons. The highest BCUT2D eigenvalue weighted by molar-refractivity contribution is 5.15. The summed E-state index contributed by atoms with van der Waals surface area (Å²) in [4.78, 5) is 2.56. The second-order valence-corrected chi connectivity index (χ2v) is 4.21. The maximum atomic E-state index is 3.98. The summed E-state index contributed by atoms with van der Waals surface area (Å²) in [5.41, 5.74) is 1.23. The zero-order valence-electron chi connectivity index (χ0n) is 9.63. The Labute approximate surface area is 88.5 Å². The van der Waals surface area contributed by atoms with Crippen LogP contribution in [-0.2, 0) is 0 Å². The molecule has 0 aromatic carbocycles. The molecule has 1 rings (SSSR count). The predicted octanol–water partition coefficient (Wildman–Crippen LogP) is 3.38. The van der Waals surface area contributed by atoms with Crippen LogP contribution in [-0.4, -0.2) is 24.0 Å². The number of allylic oxidation sites excluding steroid dienone is 2. The predicted molar refractivity (Wildman–Crippen MR) is 63.5 cm³/mol. The topological polar surface area (TPSA) is 3.24 Å². The van der Waals surface area contributed by atoms with E-state index >= 15 is 0 Å². The van der Waals surface area contributed by atoms with Gasteiger partial charge >= 0.3 is 0 Å². The van der Waals surface area contributed by atoms with Gasteiger partial charge in [-0.3, -0.25) is 4.90 Å². The van der Waals surface area contributed by atoms with Gasteiger partial charge in [0, 0.05) is 6.04 Å². The van der Waals surface area contributed by atoms with E-state index in [1.165, 1.54) is 37.9 Å². The Kier molecular flexibility index (Phi) is 4.95. The molecule has 0 aromatic rings. The standard InChI is InChI=1S/C13H23N/c1-4-12(2)8-9-13(3)14-10-6-5-7-11-14/h8-9,13H,2,4-7,10-11H2,1,3H3/b9-8+/t13-/m1/s1. The van der Waals surface area contributed by atoms with E-state index in [4.69, 9.17) is 0 Å². The van der Waals surface area contributed by atoms with E-state index in [0.717, 1.165) is 6.42 Å². The fraction of sp³-hybridized carbons (Fsp3) is 0.692. The summed E-state index contributed by atoms with van der Waals surface area (Å²) < 4.78 is 0. The Morgan fingerprint density at radius 1 is 1.36 bits per heavy atom. The monoisotopic (exact) mass is 193 g/mol. The fourth-order valence-corrected chi connectivity index (χ4v) is 1.84. The quantitative estimate of drug-likeness (QED) is 0.619. The molecule has 0 saturated carbocycles. The smallest absolute Gasteiger partial charge is 0.0252 e. The van der Waals surface area contributed by atoms with Crippen LogP contribution in [0.25, 0.3) is 0 Å². The van der Waals surface area contributed by atoms with Crippen molar-refractivity contribution in [3.8, 4) is 0 Å². The molecule has 1 aliphatic rings. The molecule has 0 bridgehead atoms. The average Bonchev–Trinajstić information content (AvgIpc) is 2.26. The lowest BCUT2D eigenvalue weighted by molar-refractivity contribution is 0.201. The van der Waals surface area contributed by atoms with Gasteiger partial charge in [-0.15, -0.1) is 0 Å². The van der Waals surface area contributed by atoms with Gasteiger partial charge in [-0.2, -0.15) is 0 Å². The van der Waals surface area contributed by atoms with Crippen LogP contribution in [0.2, 0.25) is 0 Å². The lowest BCUT2D eigenvalue weighted by atomic mass is 10.1. The van der Waals surface area contributed by atoms with Crippen LogP contribution < -0.4 is 0 Å². The summed E-state index contributed by atoms with van der Waals surface area (Å²) in [7, 11) is 0. The first-order valence-electron chi connectivity index (χ1n) is 5.84. The average molecular weight is 193 g/mol. The highest BCUT2D eigenvalue weighted by Gasteiger charge is 2.13. The SMILES string of the molecule is C=C(/C=C/[C@@H](C)N1CCCCC1)CC. The fourth-order valence-electron chi connectivity index (χ4n) is 1.84. The molecule has 1 nitrogen and oxygen atoms in total. The summed E-state index contributed by atoms with van der Waals surface area (Å²) in [5, 5.41) is 0. The summed E-state index contributed by atoms with van der Waals surface area (Å²) in [6, 6.07) is 0.582. The molecule has 0 spiro atoms. The van der Waals surface area contributed by atoms with Crippen LogP contribution in [0.5, 0.6) is 0 Å². The van der Waals surface area contributed by atoms with E-state index in [9.17, 15) is 0 Å². The van der Waals surface area contributed by atoms with Crippen molar-refractivity contribution in [3.63, 3.8) is 0 Å². The third-order valence-electron chi connectivity index (χ3n) is 3.03. The molecule has 1 heteroatoms. The summed E-state index contributed by atoms with van der Waals surface area (Å²) in [6.45, 7) is 11.0. The van der Waals surface area contributed by atoms with E-state index in [1.807, 2.05) is 0 Å². The number of rotatable bonds is 4. The normalized spacial score (nSPS) is 21.3. The van der Waals surface area contributed by atoms with Gasteiger partial charge < -0.3 is 0 Å². The van der Waals surface area contributed by atoms with Gasteiger partial charge in [-0.05, 0) is 39.3 Å². The minimum atomic E-state index is 0.582. The largest absolute Gasteiger partial charge is 0.297 e. The van der Waals surface area contributed by atoms with Crippen molar-refractivity contribution in [2.45, 2.75) is 45.6 Å². The third-order valence-corrected chi connectivity index (χ3v) is 3.03. The van der Waals surface area contributed by atoms with Gasteiger partial charge in [-0.1, -0.05) is 37.6 Å². The van der Waals surface area contributed by atoms with Gasteiger partial charge in [0.05, 0.1) is 0 Å². The molecule has 0 aromatic heterocycles. The molecule has 14 heavy (non-hydrogen) atoms. The van der Waals surface area contributed by atoms with Gasteiger partial charge in [0.2, 0.25) is 0 Å². The number of likely N-dealkylation sites (tertiary alicyclic amines) is 1. The van der Waals surface area contributed by atoms with E-state index in [2.05, 4.69) is 37.5 Å². The molecule has 1 heterocycles. The summed E-state index contributed by atoms with van der Waals surface area (Å²) >= 11 is 0. The molecule has 1 fully saturated rings. The maximum absolute atomic E-state index is 3.98. The van der Waals surface area contributed by atoms with E-state index < -0.39 is 0 Å². The number of piperidine rings is 1. The molecule has 1 atom stereocenters. The van der Waals surface area contributed by atoms with Crippen molar-refractivity contribution < 1.29 is 0 Å². The Hall–Kier alpha value is -0.560. The van der Waals surface area contributed by atoms with E-state index in [1.54, 1.807) is 0 Å². The maximum Gasteiger partial charge on any atom is 0.0252 e. The van der Waals surface area contributed by atoms with Gasteiger partial charge in [0.1, 0.15) is 0 Å². The summed E-state index contributed by atoms with van der Waals surface area (Å²) in [5.74, 6) is 0. The highest BCUT2D eigenvalue weighted by Crippen LogP contribution is 2.13. The molecule has 1 saturated heterocycles. The molecule has 0 aliphatic carbocycles. The minimum Gasteiger partial charge on any atom is -0.297 e. The first kappa shape index (κ1) is 11.5. The van der Waals surface area contributed by atoms with E-state index in [-0.39, 0.29) is 0 Å². The van der Waals surface area contributed by atoms with Crippen molar-refractivity contribution in [2.75, 3.05) is 13.1 Å². The zero-order chi connectivity index (χ0) is 10.4. The van der Waals surface area contributed by atoms with Crippen LogP contribution in [0.1, 0.15) is 39.5 Å². The lowest BCUT2D eigenvalue weighted by Gasteiger charge is -2.30. The first-order valence-corrected chi connectivity index (χ1v) is 5.84. The second kappa shape index (κ2) is 6.02. The Balaban J connectivity index is 2.35. The van der Waals surface area contributed by atoms with Gasteiger partial charge in [-0.25, -0.2) is 0 Å². The summed E-state index contributed by atoms with van der Waals surface area (Å²) in [6.07, 6.45) is 9.67. The van der Waals surface area contributed by atoms with Crippen LogP contribution in [0.4, 0.5) is 0 Å². The Bertz CT molecular complexity index is 199. The molecule has 1 aliphatic heterocycles. The molecule has 0 N–H and O–H groups in total. The molecular formula is C13H23N. The molecular weight excluding hydrogens is 170 g/mol. The van der Waals surface area contributed by atoms with E-state index in [0.29, 0.717) is 6.04 Å². The van der Waals surface area contributed by atoms with Crippen molar-refractivity contribution in [3.05, 3.63) is 24.3 Å². The first-order chi connectivity index (χ1) is 6.74. The van der Waals surface area contributed by atoms with Crippen molar-refractivity contribution >= 4 is 0 Å². The molecule has 0 unspecified atom stereocenters. The molecule has 0 amide bonds. The lowest BCUT2D eigenvalue weighted by Crippen LogP contribution is -2.36. The minimum absolute atomic E-state index is 0.582. The van der Waals surface area contributed by atoms with Crippen molar-refractivity contribution in [2.24, 2.45) is 0 Å². The number of hydrogen-bond acceptors (Lipinski definition) is 1. The van der Waals surface area contributed by atoms with Crippen LogP contribution in [0.15, 0.2) is 24.3 Å². The Morgan fingerprint density at radius 2 is 2.00 bits per heavy atom. The number of nitrogens with zero attached hydrogens (tertiary/aromatic N) is 1. The van der Waals surface area contributed by atoms with Crippen molar-refractivity contribution in [1.82, 2.24) is 4.90 Å². The van der Waals surface area contributed by atoms with Crippen LogP contribution >= 0.6 is 0 Å². The zero-order valence-corrected chi connectivity index (χ0v) is 9.63. The van der Waals surface area contributed by atoms with Gasteiger partial charge in [0.25, 0.3) is 0 Å². The highest BCUT2D eigenvalue weighted by atomic mass is 15.1. The Morgan fingerprint density at radius 3 is 2.57 bits per heavy atom.